The van der Waals surface area contributed by atoms with Gasteiger partial charge < -0.3 is 10.1 Å². The third kappa shape index (κ3) is 3.87. The number of pyridine rings is 1. The average Bonchev–Trinajstić information content (AvgIpc) is 3.11. The Bertz CT molecular complexity index is 770. The number of hydrogen-bond acceptors (Lipinski definition) is 3. The lowest BCUT2D eigenvalue weighted by molar-refractivity contribution is -0.126. The van der Waals surface area contributed by atoms with Crippen molar-refractivity contribution in [2.24, 2.45) is 0 Å². The van der Waals surface area contributed by atoms with E-state index >= 15 is 0 Å². The highest BCUT2D eigenvalue weighted by molar-refractivity contribution is 5.88. The number of amides is 1. The number of nitrogens with one attached hydrogen (secondary N) is 1. The molecule has 0 atom stereocenters. The van der Waals surface area contributed by atoms with Gasteiger partial charge in [-0.25, -0.2) is 9.37 Å². The molecule has 1 saturated carbocycles. The van der Waals surface area contributed by atoms with Crippen molar-refractivity contribution in [3.05, 3.63) is 59.5 Å². The molecule has 0 radical (unpaired) electrons. The number of nitrogens with zero attached hydrogens (tertiary/aromatic N) is 1. The molecular weight excluding hydrogens is 331 g/mol. The van der Waals surface area contributed by atoms with E-state index in [-0.39, 0.29) is 17.8 Å². The minimum atomic E-state index is -0.649. The van der Waals surface area contributed by atoms with Crippen LogP contribution in [0.3, 0.4) is 0 Å². The zero-order valence-electron chi connectivity index (χ0n) is 15.3. The van der Waals surface area contributed by atoms with Gasteiger partial charge in [-0.15, -0.1) is 0 Å². The quantitative estimate of drug-likeness (QED) is 0.846. The van der Waals surface area contributed by atoms with Crippen molar-refractivity contribution in [2.75, 3.05) is 0 Å². The van der Waals surface area contributed by atoms with Crippen molar-refractivity contribution in [1.29, 1.82) is 0 Å². The lowest BCUT2D eigenvalue weighted by atomic mass is 9.78. The summed E-state index contributed by atoms with van der Waals surface area (Å²) in [7, 11) is 0. The van der Waals surface area contributed by atoms with Gasteiger partial charge >= 0.3 is 0 Å². The summed E-state index contributed by atoms with van der Waals surface area (Å²) in [5, 5.41) is 3.03. The van der Waals surface area contributed by atoms with Gasteiger partial charge in [0.05, 0.1) is 11.5 Å². The van der Waals surface area contributed by atoms with Gasteiger partial charge in [-0.1, -0.05) is 31.0 Å². The Hall–Kier alpha value is -2.43. The highest BCUT2D eigenvalue weighted by Gasteiger charge is 2.42. The van der Waals surface area contributed by atoms with Crippen molar-refractivity contribution >= 4 is 5.91 Å². The topological polar surface area (TPSA) is 51.2 Å². The maximum atomic E-state index is 13.7. The SMILES string of the molecule is CC(C)Oc1ncccc1CNC(=O)C1(c2cccc(F)c2)CCCC1. The molecule has 1 amide bonds. The monoisotopic (exact) mass is 356 g/mol. The van der Waals surface area contributed by atoms with Crippen LogP contribution in [0, 0.1) is 5.82 Å². The summed E-state index contributed by atoms with van der Waals surface area (Å²) in [5.74, 6) is 0.176. The molecule has 0 saturated heterocycles. The van der Waals surface area contributed by atoms with E-state index in [1.54, 1.807) is 12.3 Å². The summed E-state index contributed by atoms with van der Waals surface area (Å²) in [6, 6.07) is 10.2. The third-order valence-corrected chi connectivity index (χ3v) is 4.91. The smallest absolute Gasteiger partial charge is 0.230 e. The predicted octanol–water partition coefficient (Wildman–Crippen LogP) is 4.14. The molecule has 1 aromatic carbocycles. The molecule has 26 heavy (non-hydrogen) atoms. The molecule has 0 unspecified atom stereocenters. The fourth-order valence-electron chi connectivity index (χ4n) is 3.64. The summed E-state index contributed by atoms with van der Waals surface area (Å²) in [5.41, 5.74) is 0.947. The molecule has 4 nitrogen and oxygen atoms in total. The molecular formula is C21H25FN2O2. The molecule has 5 heteroatoms. The lowest BCUT2D eigenvalue weighted by Gasteiger charge is -2.28. The molecule has 1 fully saturated rings. The van der Waals surface area contributed by atoms with Crippen molar-refractivity contribution < 1.29 is 13.9 Å². The van der Waals surface area contributed by atoms with Crippen LogP contribution in [-0.2, 0) is 16.8 Å². The van der Waals surface area contributed by atoms with E-state index in [9.17, 15) is 9.18 Å². The Labute approximate surface area is 153 Å². The van der Waals surface area contributed by atoms with Gasteiger partial charge in [-0.05, 0) is 50.5 Å². The number of halogens is 1. The number of aromatic nitrogens is 1. The van der Waals surface area contributed by atoms with E-state index in [0.717, 1.165) is 36.8 Å². The van der Waals surface area contributed by atoms with Gasteiger partial charge in [-0.3, -0.25) is 4.79 Å². The van der Waals surface area contributed by atoms with E-state index in [2.05, 4.69) is 10.3 Å². The molecule has 1 aliphatic carbocycles. The lowest BCUT2D eigenvalue weighted by Crippen LogP contribution is -2.42. The van der Waals surface area contributed by atoms with E-state index in [1.165, 1.54) is 12.1 Å². The third-order valence-electron chi connectivity index (χ3n) is 4.91. The molecule has 0 bridgehead atoms. The fraction of sp³-hybridized carbons (Fsp3) is 0.429. The summed E-state index contributed by atoms with van der Waals surface area (Å²) < 4.78 is 19.4. The number of benzene rings is 1. The first-order valence-electron chi connectivity index (χ1n) is 9.16. The molecule has 0 spiro atoms. The van der Waals surface area contributed by atoms with Crippen LogP contribution in [0.5, 0.6) is 5.88 Å². The number of ether oxygens (including phenoxy) is 1. The van der Waals surface area contributed by atoms with Crippen LogP contribution in [0.25, 0.3) is 0 Å². The summed E-state index contributed by atoms with van der Waals surface area (Å²) in [6.07, 6.45) is 5.11. The minimum Gasteiger partial charge on any atom is -0.475 e. The van der Waals surface area contributed by atoms with Gasteiger partial charge in [-0.2, -0.15) is 0 Å². The molecule has 3 rings (SSSR count). The zero-order chi connectivity index (χ0) is 18.6. The molecule has 2 aromatic rings. The normalized spacial score (nSPS) is 15.8. The maximum Gasteiger partial charge on any atom is 0.230 e. The Kier molecular flexibility index (Phi) is 5.55. The molecule has 1 aliphatic rings. The first-order chi connectivity index (χ1) is 12.5. The van der Waals surface area contributed by atoms with E-state index in [4.69, 9.17) is 4.74 Å². The van der Waals surface area contributed by atoms with E-state index in [1.807, 2.05) is 32.0 Å². The Morgan fingerprint density at radius 2 is 2.04 bits per heavy atom. The van der Waals surface area contributed by atoms with Crippen molar-refractivity contribution in [1.82, 2.24) is 10.3 Å². The number of rotatable bonds is 6. The first-order valence-corrected chi connectivity index (χ1v) is 9.16. The van der Waals surface area contributed by atoms with Crippen LogP contribution in [0.4, 0.5) is 4.39 Å². The second kappa shape index (κ2) is 7.85. The number of carbonyl (C=O) groups excluding carboxylic acids is 1. The summed E-state index contributed by atoms with van der Waals surface area (Å²) in [4.78, 5) is 17.3. The summed E-state index contributed by atoms with van der Waals surface area (Å²) in [6.45, 7) is 4.22. The molecule has 1 aromatic heterocycles. The highest BCUT2D eigenvalue weighted by atomic mass is 19.1. The Morgan fingerprint density at radius 1 is 1.27 bits per heavy atom. The Morgan fingerprint density at radius 3 is 2.73 bits per heavy atom. The fourth-order valence-corrected chi connectivity index (χ4v) is 3.64. The molecule has 1 heterocycles. The standard InChI is InChI=1S/C21H25FN2O2/c1-15(2)26-19-16(7-6-12-23-19)14-24-20(25)21(10-3-4-11-21)17-8-5-9-18(22)13-17/h5-9,12-13,15H,3-4,10-11,14H2,1-2H3,(H,24,25). The number of hydrogen-bond donors (Lipinski definition) is 1. The van der Waals surface area contributed by atoms with Crippen LogP contribution in [0.1, 0.15) is 50.7 Å². The van der Waals surface area contributed by atoms with Crippen LogP contribution >= 0.6 is 0 Å². The molecule has 0 aliphatic heterocycles. The van der Waals surface area contributed by atoms with Crippen molar-refractivity contribution in [3.8, 4) is 5.88 Å². The van der Waals surface area contributed by atoms with Gasteiger partial charge in [0.2, 0.25) is 11.8 Å². The van der Waals surface area contributed by atoms with Crippen molar-refractivity contribution in [2.45, 2.75) is 57.6 Å². The van der Waals surface area contributed by atoms with Crippen molar-refractivity contribution in [3.63, 3.8) is 0 Å². The average molecular weight is 356 g/mol. The molecule has 1 N–H and O–H groups in total. The second-order valence-electron chi connectivity index (χ2n) is 7.12. The van der Waals surface area contributed by atoms with E-state index in [0.29, 0.717) is 12.4 Å². The molecule has 138 valence electrons. The van der Waals surface area contributed by atoms with Gasteiger partial charge in [0.1, 0.15) is 5.82 Å². The van der Waals surface area contributed by atoms with Gasteiger partial charge in [0.25, 0.3) is 0 Å². The van der Waals surface area contributed by atoms with Gasteiger partial charge in [0, 0.05) is 18.3 Å². The first kappa shape index (κ1) is 18.4. The number of carbonyl (C=O) groups is 1. The second-order valence-corrected chi connectivity index (χ2v) is 7.12. The van der Waals surface area contributed by atoms with Gasteiger partial charge in [0.15, 0.2) is 0 Å². The van der Waals surface area contributed by atoms with Crippen LogP contribution < -0.4 is 10.1 Å². The summed E-state index contributed by atoms with van der Waals surface area (Å²) >= 11 is 0. The Balaban J connectivity index is 1.78. The van der Waals surface area contributed by atoms with E-state index < -0.39 is 5.41 Å². The zero-order valence-corrected chi connectivity index (χ0v) is 15.3. The van der Waals surface area contributed by atoms with Crippen LogP contribution in [0.15, 0.2) is 42.6 Å². The minimum absolute atomic E-state index is 0.00724. The highest BCUT2D eigenvalue weighted by Crippen LogP contribution is 2.41. The van der Waals surface area contributed by atoms with Crippen LogP contribution in [0.2, 0.25) is 0 Å². The predicted molar refractivity (Wildman–Crippen MR) is 98.4 cm³/mol. The van der Waals surface area contributed by atoms with Crippen LogP contribution in [-0.4, -0.2) is 17.0 Å². The largest absolute Gasteiger partial charge is 0.475 e. The maximum absolute atomic E-state index is 13.7.